The maximum absolute atomic E-state index is 6.51. The molecule has 0 radical (unpaired) electrons. The summed E-state index contributed by atoms with van der Waals surface area (Å²) in [6.45, 7) is 12.8. The molecular weight excluding hydrogens is 376 g/mol. The number of thiol groups is 1. The van der Waals surface area contributed by atoms with E-state index in [4.69, 9.17) is 26.9 Å². The molecule has 160 valence electrons. The van der Waals surface area contributed by atoms with Gasteiger partial charge in [0, 0.05) is 16.4 Å². The number of hydrogen-bond donors (Lipinski definition) is 3. The Morgan fingerprint density at radius 1 is 1.07 bits per heavy atom. The van der Waals surface area contributed by atoms with Gasteiger partial charge < -0.3 is 14.2 Å². The van der Waals surface area contributed by atoms with Crippen molar-refractivity contribution in [1.29, 1.82) is 0 Å². The lowest BCUT2D eigenvalue weighted by molar-refractivity contribution is 0.123. The minimum absolute atomic E-state index is 0.0520. The highest BCUT2D eigenvalue weighted by molar-refractivity contribution is 7.94. The highest BCUT2D eigenvalue weighted by Crippen LogP contribution is 2.46. The van der Waals surface area contributed by atoms with Crippen LogP contribution in [-0.2, 0) is 8.92 Å². The molecule has 2 atom stereocenters. The van der Waals surface area contributed by atoms with Crippen molar-refractivity contribution in [2.24, 2.45) is 16.6 Å². The van der Waals surface area contributed by atoms with E-state index in [2.05, 4.69) is 39.9 Å². The fourth-order valence-electron chi connectivity index (χ4n) is 4.15. The Balaban J connectivity index is 2.62. The minimum Gasteiger partial charge on any atom is -0.471 e. The molecule has 0 bridgehead atoms. The normalized spacial score (nSPS) is 25.6. The van der Waals surface area contributed by atoms with E-state index in [1.807, 2.05) is 0 Å². The third-order valence-electron chi connectivity index (χ3n) is 5.29. The van der Waals surface area contributed by atoms with E-state index in [1.54, 1.807) is 0 Å². The van der Waals surface area contributed by atoms with Crippen molar-refractivity contribution >= 4 is 34.0 Å². The summed E-state index contributed by atoms with van der Waals surface area (Å²) in [5.41, 5.74) is 6.66. The highest BCUT2D eigenvalue weighted by Gasteiger charge is 2.43. The molecule has 0 amide bonds. The Morgan fingerprint density at radius 2 is 1.70 bits per heavy atom. The van der Waals surface area contributed by atoms with Crippen LogP contribution in [0.25, 0.3) is 0 Å². The molecule has 27 heavy (non-hydrogen) atoms. The van der Waals surface area contributed by atoms with Crippen LogP contribution >= 0.6 is 23.8 Å². The molecular formula is C21H42N2O2S2. The van der Waals surface area contributed by atoms with Gasteiger partial charge in [0.1, 0.15) is 0 Å². The first-order chi connectivity index (χ1) is 12.7. The molecule has 1 fully saturated rings. The van der Waals surface area contributed by atoms with Gasteiger partial charge in [-0.25, -0.2) is 0 Å². The molecule has 0 spiro atoms. The molecule has 2 unspecified atom stereocenters. The maximum atomic E-state index is 6.51. The van der Waals surface area contributed by atoms with Gasteiger partial charge in [0.25, 0.3) is 5.17 Å². The Labute approximate surface area is 176 Å². The third kappa shape index (κ3) is 9.73. The molecule has 0 aliphatic heterocycles. The van der Waals surface area contributed by atoms with E-state index >= 15 is 0 Å². The number of unbranched alkanes of at least 4 members (excludes halogenated alkanes) is 4. The van der Waals surface area contributed by atoms with Gasteiger partial charge in [0.15, 0.2) is 0 Å². The summed E-state index contributed by atoms with van der Waals surface area (Å²) < 4.78 is 11.5. The molecule has 0 heterocycles. The van der Waals surface area contributed by atoms with Gasteiger partial charge in [-0.3, -0.25) is 5.73 Å². The molecule has 0 saturated heterocycles. The molecule has 6 heteroatoms. The van der Waals surface area contributed by atoms with Gasteiger partial charge >= 0.3 is 0 Å². The Kier molecular flexibility index (Phi) is 11.4. The first kappa shape index (κ1) is 24.9. The van der Waals surface area contributed by atoms with Gasteiger partial charge in [-0.15, -0.1) is 0 Å². The van der Waals surface area contributed by atoms with Crippen LogP contribution in [0.15, 0.2) is 0 Å². The van der Waals surface area contributed by atoms with Crippen molar-refractivity contribution in [2.45, 2.75) is 98.4 Å². The number of rotatable bonds is 11. The van der Waals surface area contributed by atoms with Crippen LogP contribution in [0, 0.1) is 10.8 Å². The summed E-state index contributed by atoms with van der Waals surface area (Å²) in [4.78, 5) is 0.938. The SMILES string of the molecule is CCCCCO[SH]=C(N)C1(C)CC(NC(=S)OCCCCC)CC(C)(C)C1. The van der Waals surface area contributed by atoms with Gasteiger partial charge in [0.05, 0.1) is 13.2 Å². The van der Waals surface area contributed by atoms with Crippen molar-refractivity contribution < 1.29 is 8.92 Å². The zero-order chi connectivity index (χ0) is 20.3. The summed E-state index contributed by atoms with van der Waals surface area (Å²) in [5.74, 6) is 0. The number of nitrogens with one attached hydrogen (secondary N) is 1. The zero-order valence-corrected chi connectivity index (χ0v) is 19.8. The minimum atomic E-state index is -0.0520. The van der Waals surface area contributed by atoms with Crippen molar-refractivity contribution in [3.63, 3.8) is 0 Å². The highest BCUT2D eigenvalue weighted by atomic mass is 32.2. The van der Waals surface area contributed by atoms with E-state index in [9.17, 15) is 0 Å². The van der Waals surface area contributed by atoms with Gasteiger partial charge in [-0.1, -0.05) is 71.9 Å². The second-order valence-electron chi connectivity index (χ2n) is 9.01. The predicted octanol–water partition coefficient (Wildman–Crippen LogP) is 5.33. The van der Waals surface area contributed by atoms with Gasteiger partial charge in [-0.2, -0.15) is 0 Å². The van der Waals surface area contributed by atoms with Crippen LogP contribution in [0.4, 0.5) is 0 Å². The molecule has 3 N–H and O–H groups in total. The molecule has 1 aliphatic rings. The molecule has 1 rings (SSSR count). The summed E-state index contributed by atoms with van der Waals surface area (Å²) in [7, 11) is 0. The lowest BCUT2D eigenvalue weighted by Gasteiger charge is -2.47. The standard InChI is InChI=1S/C21H42N2O2S2/c1-6-8-10-12-24-19(26)23-17-14-20(3,4)16-21(5,15-17)18(22)27-25-13-11-9-7-2/h17,27H,6-16,22H2,1-5H3,(H,23,26). The quantitative estimate of drug-likeness (QED) is 0.240. The molecule has 4 nitrogen and oxygen atoms in total. The van der Waals surface area contributed by atoms with Crippen LogP contribution in [-0.4, -0.2) is 29.4 Å². The Morgan fingerprint density at radius 3 is 2.33 bits per heavy atom. The second-order valence-corrected chi connectivity index (χ2v) is 10.3. The molecule has 0 aromatic heterocycles. The van der Waals surface area contributed by atoms with Crippen LogP contribution in [0.1, 0.15) is 92.4 Å². The molecule has 1 saturated carbocycles. The molecule has 1 aliphatic carbocycles. The maximum Gasteiger partial charge on any atom is 0.256 e. The van der Waals surface area contributed by atoms with E-state index < -0.39 is 0 Å². The Hall–Kier alpha value is -0.170. The molecule has 0 aromatic carbocycles. The number of nitrogens with two attached hydrogens (primary N) is 1. The zero-order valence-electron chi connectivity index (χ0n) is 18.1. The van der Waals surface area contributed by atoms with Crippen molar-refractivity contribution in [3.8, 4) is 0 Å². The van der Waals surface area contributed by atoms with Gasteiger partial charge in [-0.05, 0) is 49.7 Å². The van der Waals surface area contributed by atoms with Crippen LogP contribution in [0.5, 0.6) is 0 Å². The second kappa shape index (κ2) is 12.4. The number of hydrogen-bond acceptors (Lipinski definition) is 3. The fourth-order valence-corrected chi connectivity index (χ4v) is 5.15. The van der Waals surface area contributed by atoms with E-state index in [0.29, 0.717) is 11.8 Å². The van der Waals surface area contributed by atoms with E-state index in [-0.39, 0.29) is 16.9 Å². The monoisotopic (exact) mass is 418 g/mol. The van der Waals surface area contributed by atoms with Crippen LogP contribution in [0.2, 0.25) is 0 Å². The first-order valence-electron chi connectivity index (χ1n) is 10.6. The summed E-state index contributed by atoms with van der Waals surface area (Å²) in [6.07, 6.45) is 10.1. The molecule has 0 aromatic rings. The fraction of sp³-hybridized carbons (Fsp3) is 0.905. The van der Waals surface area contributed by atoms with E-state index in [1.165, 1.54) is 25.7 Å². The number of thiocarbonyl (C=S) groups is 1. The van der Waals surface area contributed by atoms with Crippen LogP contribution in [0.3, 0.4) is 0 Å². The van der Waals surface area contributed by atoms with Crippen molar-refractivity contribution in [2.75, 3.05) is 13.2 Å². The smallest absolute Gasteiger partial charge is 0.256 e. The lowest BCUT2D eigenvalue weighted by atomic mass is 9.62. The number of ether oxygens (including phenoxy) is 1. The average molecular weight is 419 g/mol. The Bertz CT molecular complexity index is 483. The predicted molar refractivity (Wildman–Crippen MR) is 124 cm³/mol. The first-order valence-corrected chi connectivity index (χ1v) is 11.8. The van der Waals surface area contributed by atoms with E-state index in [0.717, 1.165) is 55.3 Å². The largest absolute Gasteiger partial charge is 0.471 e. The van der Waals surface area contributed by atoms with Crippen LogP contribution < -0.4 is 11.1 Å². The summed E-state index contributed by atoms with van der Waals surface area (Å²) >= 11 is 6.24. The average Bonchev–Trinajstić information content (AvgIpc) is 2.56. The lowest BCUT2D eigenvalue weighted by Crippen LogP contribution is -2.51. The third-order valence-corrected chi connectivity index (χ3v) is 6.57. The van der Waals surface area contributed by atoms with Gasteiger partial charge in [0.2, 0.25) is 0 Å². The topological polar surface area (TPSA) is 56.5 Å². The van der Waals surface area contributed by atoms with Crippen molar-refractivity contribution in [1.82, 2.24) is 5.32 Å². The summed E-state index contributed by atoms with van der Waals surface area (Å²) in [6, 6.07) is 0.284. The summed E-state index contributed by atoms with van der Waals surface area (Å²) in [5, 5.41) is 3.97. The van der Waals surface area contributed by atoms with Crippen molar-refractivity contribution in [3.05, 3.63) is 0 Å².